The van der Waals surface area contributed by atoms with Crippen molar-refractivity contribution in [1.82, 2.24) is 14.2 Å². The molecule has 0 bridgehead atoms. The maximum atomic E-state index is 14.3. The van der Waals surface area contributed by atoms with E-state index in [4.69, 9.17) is 0 Å². The van der Waals surface area contributed by atoms with E-state index in [0.717, 1.165) is 25.7 Å². The van der Waals surface area contributed by atoms with Crippen LogP contribution in [0.3, 0.4) is 0 Å². The maximum absolute atomic E-state index is 14.3. The topological polar surface area (TPSA) is 73.8 Å². The molecule has 0 radical (unpaired) electrons. The van der Waals surface area contributed by atoms with Crippen molar-refractivity contribution in [2.75, 3.05) is 50.4 Å². The molecule has 5 rings (SSSR count). The van der Waals surface area contributed by atoms with Crippen molar-refractivity contribution in [3.05, 3.63) is 35.8 Å². The van der Waals surface area contributed by atoms with E-state index in [1.807, 2.05) is 4.31 Å². The first-order chi connectivity index (χ1) is 15.9. The standard InChI is InChI=1S/C24H29FN4O3S/c1-33(32)29-13-11-28(12-14-29)23(31)19-16-26-20-5-4-17(25)15-18(20)22(19)27-9-7-24(8-10-27)6-2-3-21(24)30/h4-5,15-16H,2-3,6-14H2,1H3. The van der Waals surface area contributed by atoms with Crippen LogP contribution in [0.5, 0.6) is 0 Å². The Balaban J connectivity index is 1.48. The van der Waals surface area contributed by atoms with E-state index < -0.39 is 11.0 Å². The summed E-state index contributed by atoms with van der Waals surface area (Å²) < 4.78 is 27.9. The summed E-state index contributed by atoms with van der Waals surface area (Å²) in [6, 6.07) is 4.48. The molecule has 1 aromatic carbocycles. The van der Waals surface area contributed by atoms with Gasteiger partial charge in [-0.3, -0.25) is 14.6 Å². The molecule has 1 atom stereocenters. The molecule has 1 spiro atoms. The summed E-state index contributed by atoms with van der Waals surface area (Å²) in [5.74, 6) is -0.133. The van der Waals surface area contributed by atoms with Crippen LogP contribution in [0.25, 0.3) is 10.9 Å². The number of piperidine rings is 1. The Hall–Kier alpha value is -2.39. The van der Waals surface area contributed by atoms with Gasteiger partial charge in [0.2, 0.25) is 0 Å². The second kappa shape index (κ2) is 8.76. The van der Waals surface area contributed by atoms with Gasteiger partial charge in [-0.2, -0.15) is 0 Å². The number of aromatic nitrogens is 1. The van der Waals surface area contributed by atoms with Crippen LogP contribution in [0.1, 0.15) is 42.5 Å². The van der Waals surface area contributed by atoms with Crippen LogP contribution in [-0.2, 0) is 15.8 Å². The summed E-state index contributed by atoms with van der Waals surface area (Å²) in [4.78, 5) is 34.5. The maximum Gasteiger partial charge on any atom is 0.257 e. The average molecular weight is 473 g/mol. The number of benzene rings is 1. The number of rotatable bonds is 3. The third kappa shape index (κ3) is 4.05. The molecule has 1 unspecified atom stereocenters. The molecular weight excluding hydrogens is 443 g/mol. The minimum atomic E-state index is -1.06. The number of carbonyl (C=O) groups is 2. The molecule has 2 saturated heterocycles. The molecule has 1 amide bonds. The Morgan fingerprint density at radius 3 is 2.45 bits per heavy atom. The monoisotopic (exact) mass is 472 g/mol. The minimum absolute atomic E-state index is 0.137. The molecule has 176 valence electrons. The number of pyridine rings is 1. The van der Waals surface area contributed by atoms with Crippen molar-refractivity contribution in [2.24, 2.45) is 5.41 Å². The Kier molecular flexibility index (Phi) is 5.95. The highest BCUT2D eigenvalue weighted by molar-refractivity contribution is 7.81. The van der Waals surface area contributed by atoms with Gasteiger partial charge in [-0.05, 0) is 43.9 Å². The number of fused-ring (bicyclic) bond motifs is 1. The van der Waals surface area contributed by atoms with Crippen LogP contribution in [0.4, 0.5) is 10.1 Å². The van der Waals surface area contributed by atoms with E-state index in [1.165, 1.54) is 12.1 Å². The third-order valence-electron chi connectivity index (χ3n) is 7.61. The number of nitrogens with zero attached hydrogens (tertiary/aromatic N) is 4. The molecule has 3 aliphatic rings. The van der Waals surface area contributed by atoms with Gasteiger partial charge in [-0.1, -0.05) is 0 Å². The van der Waals surface area contributed by atoms with Gasteiger partial charge < -0.3 is 9.80 Å². The molecule has 1 aromatic heterocycles. The van der Waals surface area contributed by atoms with E-state index in [-0.39, 0.29) is 17.1 Å². The molecular formula is C24H29FN4O3S. The van der Waals surface area contributed by atoms with Crippen molar-refractivity contribution >= 4 is 39.3 Å². The number of Topliss-reactive ketones (excluding diaryl/α,β-unsaturated/α-hetero) is 1. The first-order valence-electron chi connectivity index (χ1n) is 11.6. The Bertz CT molecular complexity index is 1120. The van der Waals surface area contributed by atoms with Crippen molar-refractivity contribution in [2.45, 2.75) is 32.1 Å². The fraction of sp³-hybridized carbons (Fsp3) is 0.542. The molecule has 1 saturated carbocycles. The normalized spacial score (nSPS) is 22.3. The SMILES string of the molecule is CS(=O)N1CCN(C(=O)c2cnc3ccc(F)cc3c2N2CCC3(CCCC3=O)CC2)CC1. The molecule has 1 aliphatic carbocycles. The summed E-state index contributed by atoms with van der Waals surface area (Å²) in [6.07, 6.45) is 7.35. The largest absolute Gasteiger partial charge is 0.370 e. The first-order valence-corrected chi connectivity index (χ1v) is 13.1. The molecule has 33 heavy (non-hydrogen) atoms. The van der Waals surface area contributed by atoms with Crippen LogP contribution in [0, 0.1) is 11.2 Å². The second-order valence-electron chi connectivity index (χ2n) is 9.37. The molecule has 2 aromatic rings. The molecule has 0 N–H and O–H groups in total. The number of amides is 1. The van der Waals surface area contributed by atoms with Crippen molar-refractivity contribution in [3.8, 4) is 0 Å². The lowest BCUT2D eigenvalue weighted by atomic mass is 9.76. The van der Waals surface area contributed by atoms with Gasteiger partial charge in [0.15, 0.2) is 0 Å². The smallest absolute Gasteiger partial charge is 0.257 e. The predicted octanol–water partition coefficient (Wildman–Crippen LogP) is 2.76. The highest BCUT2D eigenvalue weighted by atomic mass is 32.2. The summed E-state index contributed by atoms with van der Waals surface area (Å²) in [5.41, 5.74) is 1.60. The van der Waals surface area contributed by atoms with E-state index in [1.54, 1.807) is 23.4 Å². The summed E-state index contributed by atoms with van der Waals surface area (Å²) in [6.45, 7) is 3.38. The Morgan fingerprint density at radius 1 is 1.09 bits per heavy atom. The zero-order valence-electron chi connectivity index (χ0n) is 18.9. The number of piperazine rings is 1. The highest BCUT2D eigenvalue weighted by Crippen LogP contribution is 2.45. The first kappa shape index (κ1) is 22.4. The zero-order valence-corrected chi connectivity index (χ0v) is 19.7. The van der Waals surface area contributed by atoms with Gasteiger partial charge in [0, 0.05) is 68.9 Å². The van der Waals surface area contributed by atoms with E-state index in [9.17, 15) is 18.2 Å². The van der Waals surface area contributed by atoms with Gasteiger partial charge >= 0.3 is 0 Å². The van der Waals surface area contributed by atoms with Gasteiger partial charge in [0.1, 0.15) is 11.6 Å². The lowest BCUT2D eigenvalue weighted by Gasteiger charge is -2.40. The van der Waals surface area contributed by atoms with Crippen LogP contribution in [-0.4, -0.2) is 75.6 Å². The Labute approximate surface area is 195 Å². The fourth-order valence-corrected chi connectivity index (χ4v) is 6.32. The van der Waals surface area contributed by atoms with Crippen molar-refractivity contribution in [1.29, 1.82) is 0 Å². The van der Waals surface area contributed by atoms with Gasteiger partial charge in [-0.25, -0.2) is 12.9 Å². The van der Waals surface area contributed by atoms with Crippen LogP contribution in [0.15, 0.2) is 24.4 Å². The van der Waals surface area contributed by atoms with Gasteiger partial charge in [-0.15, -0.1) is 0 Å². The summed E-state index contributed by atoms with van der Waals surface area (Å²) in [7, 11) is -1.06. The van der Waals surface area contributed by atoms with Crippen molar-refractivity contribution in [3.63, 3.8) is 0 Å². The molecule has 2 aliphatic heterocycles. The average Bonchev–Trinajstić information content (AvgIpc) is 3.17. The van der Waals surface area contributed by atoms with Crippen LogP contribution in [0.2, 0.25) is 0 Å². The number of halogens is 1. The van der Waals surface area contributed by atoms with E-state index in [0.29, 0.717) is 73.6 Å². The molecule has 9 heteroatoms. The second-order valence-corrected chi connectivity index (χ2v) is 10.7. The molecule has 3 heterocycles. The van der Waals surface area contributed by atoms with Gasteiger partial charge in [0.05, 0.1) is 27.8 Å². The van der Waals surface area contributed by atoms with E-state index in [2.05, 4.69) is 9.88 Å². The van der Waals surface area contributed by atoms with E-state index >= 15 is 0 Å². The summed E-state index contributed by atoms with van der Waals surface area (Å²) >= 11 is 0. The number of hydrogen-bond acceptors (Lipinski definition) is 5. The van der Waals surface area contributed by atoms with Gasteiger partial charge in [0.25, 0.3) is 5.91 Å². The molecule has 3 fully saturated rings. The van der Waals surface area contributed by atoms with Crippen molar-refractivity contribution < 1.29 is 18.2 Å². The minimum Gasteiger partial charge on any atom is -0.370 e. The third-order valence-corrected chi connectivity index (χ3v) is 8.70. The Morgan fingerprint density at radius 2 is 1.82 bits per heavy atom. The lowest BCUT2D eigenvalue weighted by molar-refractivity contribution is -0.126. The zero-order chi connectivity index (χ0) is 23.2. The molecule has 7 nitrogen and oxygen atoms in total. The lowest BCUT2D eigenvalue weighted by Crippen LogP contribution is -2.49. The number of ketones is 1. The number of anilines is 1. The number of carbonyl (C=O) groups excluding carboxylic acids is 2. The highest BCUT2D eigenvalue weighted by Gasteiger charge is 2.44. The predicted molar refractivity (Wildman–Crippen MR) is 126 cm³/mol. The number of hydrogen-bond donors (Lipinski definition) is 0. The van der Waals surface area contributed by atoms with Crippen LogP contribution >= 0.6 is 0 Å². The fourth-order valence-electron chi connectivity index (χ4n) is 5.65. The van der Waals surface area contributed by atoms with Crippen LogP contribution < -0.4 is 4.90 Å². The quantitative estimate of drug-likeness (QED) is 0.687. The summed E-state index contributed by atoms with van der Waals surface area (Å²) in [5, 5.41) is 0.628.